The third-order valence-electron chi connectivity index (χ3n) is 4.75. The summed E-state index contributed by atoms with van der Waals surface area (Å²) in [7, 11) is 0. The molecule has 7 nitrogen and oxygen atoms in total. The molecule has 0 aliphatic carbocycles. The van der Waals surface area contributed by atoms with E-state index >= 15 is 0 Å². The Morgan fingerprint density at radius 3 is 2.48 bits per heavy atom. The number of hydrogen-bond donors (Lipinski definition) is 2. The van der Waals surface area contributed by atoms with Gasteiger partial charge in [-0.2, -0.15) is 0 Å². The fourth-order valence-electron chi connectivity index (χ4n) is 3.31. The topological polar surface area (TPSA) is 99.8 Å². The molecule has 1 fully saturated rings. The highest BCUT2D eigenvalue weighted by atomic mass is 16.4. The van der Waals surface area contributed by atoms with Gasteiger partial charge in [0.2, 0.25) is 5.91 Å². The monoisotopic (exact) mass is 344 g/mol. The smallest absolute Gasteiger partial charge is 0.306 e. The van der Waals surface area contributed by atoms with Crippen LogP contribution in [0.2, 0.25) is 0 Å². The molecule has 1 aromatic carbocycles. The van der Waals surface area contributed by atoms with Crippen molar-refractivity contribution in [3.63, 3.8) is 0 Å². The number of amides is 1. The number of piperidine rings is 1. The van der Waals surface area contributed by atoms with Gasteiger partial charge in [-0.25, -0.2) is 0 Å². The minimum atomic E-state index is -0.815. The molecule has 2 aromatic rings. The van der Waals surface area contributed by atoms with E-state index in [0.717, 1.165) is 0 Å². The molecule has 1 aromatic heterocycles. The Balaban J connectivity index is 1.81. The number of aromatic nitrogens is 1. The number of phenols is 1. The molecule has 132 valence electrons. The Morgan fingerprint density at radius 1 is 1.20 bits per heavy atom. The van der Waals surface area contributed by atoms with Crippen LogP contribution in [0.4, 0.5) is 0 Å². The van der Waals surface area contributed by atoms with Crippen molar-refractivity contribution in [2.24, 2.45) is 5.92 Å². The van der Waals surface area contributed by atoms with Gasteiger partial charge in [0, 0.05) is 36.3 Å². The largest absolute Gasteiger partial charge is 0.508 e. The Kier molecular flexibility index (Phi) is 4.48. The number of Topliss-reactive ketones (excluding diaryl/α,β-unsaturated/α-hetero) is 1. The summed E-state index contributed by atoms with van der Waals surface area (Å²) < 4.78 is 1.66. The number of ketones is 1. The van der Waals surface area contributed by atoms with Crippen molar-refractivity contribution >= 4 is 28.6 Å². The summed E-state index contributed by atoms with van der Waals surface area (Å²) in [6.45, 7) is 2.34. The number of benzene rings is 1. The van der Waals surface area contributed by atoms with Crippen molar-refractivity contribution in [2.45, 2.75) is 26.3 Å². The van der Waals surface area contributed by atoms with Gasteiger partial charge in [0.1, 0.15) is 12.3 Å². The van der Waals surface area contributed by atoms with Crippen LogP contribution < -0.4 is 0 Å². The lowest BCUT2D eigenvalue weighted by molar-refractivity contribution is -0.145. The van der Waals surface area contributed by atoms with Crippen LogP contribution in [0.3, 0.4) is 0 Å². The van der Waals surface area contributed by atoms with E-state index in [1.807, 2.05) is 0 Å². The van der Waals surface area contributed by atoms with E-state index in [0.29, 0.717) is 42.4 Å². The summed E-state index contributed by atoms with van der Waals surface area (Å²) >= 11 is 0. The highest BCUT2D eigenvalue weighted by Crippen LogP contribution is 2.26. The van der Waals surface area contributed by atoms with Crippen LogP contribution in [-0.4, -0.2) is 50.4 Å². The predicted octanol–water partition coefficient (Wildman–Crippen LogP) is 1.87. The number of likely N-dealkylation sites (tertiary alicyclic amines) is 1. The second-order valence-corrected chi connectivity index (χ2v) is 6.42. The normalized spacial score (nSPS) is 15.5. The Hall–Kier alpha value is -2.83. The average molecular weight is 344 g/mol. The van der Waals surface area contributed by atoms with E-state index < -0.39 is 11.9 Å². The number of carbonyl (C=O) groups is 3. The van der Waals surface area contributed by atoms with Gasteiger partial charge in [0.15, 0.2) is 5.78 Å². The molecular formula is C18H20N2O5. The molecule has 2 N–H and O–H groups in total. The van der Waals surface area contributed by atoms with E-state index in [1.165, 1.54) is 19.1 Å². The van der Waals surface area contributed by atoms with E-state index in [9.17, 15) is 19.5 Å². The summed E-state index contributed by atoms with van der Waals surface area (Å²) in [5.74, 6) is -1.37. The maximum Gasteiger partial charge on any atom is 0.306 e. The van der Waals surface area contributed by atoms with E-state index in [4.69, 9.17) is 5.11 Å². The number of nitrogens with zero attached hydrogens (tertiary/aromatic N) is 2. The molecule has 1 aliphatic rings. The summed E-state index contributed by atoms with van der Waals surface area (Å²) in [6, 6.07) is 4.71. The Morgan fingerprint density at radius 2 is 1.88 bits per heavy atom. The molecule has 1 aliphatic heterocycles. The summed E-state index contributed by atoms with van der Waals surface area (Å²) in [6.07, 6.45) is 2.54. The molecule has 0 saturated carbocycles. The fourth-order valence-corrected chi connectivity index (χ4v) is 3.31. The molecular weight excluding hydrogens is 324 g/mol. The zero-order chi connectivity index (χ0) is 18.1. The molecule has 7 heteroatoms. The number of hydrogen-bond acceptors (Lipinski definition) is 4. The zero-order valence-electron chi connectivity index (χ0n) is 13.9. The third kappa shape index (κ3) is 3.35. The maximum atomic E-state index is 12.6. The van der Waals surface area contributed by atoms with Crippen molar-refractivity contribution in [1.29, 1.82) is 0 Å². The minimum Gasteiger partial charge on any atom is -0.508 e. The van der Waals surface area contributed by atoms with E-state index in [-0.39, 0.29) is 24.0 Å². The second kappa shape index (κ2) is 6.58. The molecule has 2 heterocycles. The van der Waals surface area contributed by atoms with Crippen molar-refractivity contribution in [3.05, 3.63) is 30.0 Å². The number of carbonyl (C=O) groups excluding carboxylic acids is 2. The first-order chi connectivity index (χ1) is 11.9. The van der Waals surface area contributed by atoms with Crippen LogP contribution in [0.1, 0.15) is 30.1 Å². The van der Waals surface area contributed by atoms with Gasteiger partial charge in [-0.1, -0.05) is 0 Å². The highest BCUT2D eigenvalue weighted by Gasteiger charge is 2.27. The quantitative estimate of drug-likeness (QED) is 0.825. The van der Waals surface area contributed by atoms with Crippen molar-refractivity contribution < 1.29 is 24.6 Å². The van der Waals surface area contributed by atoms with E-state index in [1.54, 1.807) is 21.7 Å². The average Bonchev–Trinajstić information content (AvgIpc) is 2.93. The minimum absolute atomic E-state index is 0.0466. The van der Waals surface area contributed by atoms with Crippen molar-refractivity contribution in [2.75, 3.05) is 13.1 Å². The summed E-state index contributed by atoms with van der Waals surface area (Å²) in [5, 5.41) is 19.4. The lowest BCUT2D eigenvalue weighted by atomic mass is 9.97. The van der Waals surface area contributed by atoms with Gasteiger partial charge in [-0.05, 0) is 31.9 Å². The molecule has 0 atom stereocenters. The van der Waals surface area contributed by atoms with Crippen LogP contribution in [0.5, 0.6) is 5.75 Å². The Bertz CT molecular complexity index is 847. The van der Waals surface area contributed by atoms with Crippen LogP contribution in [0.15, 0.2) is 24.4 Å². The number of rotatable bonds is 4. The zero-order valence-corrected chi connectivity index (χ0v) is 13.9. The van der Waals surface area contributed by atoms with E-state index in [2.05, 4.69) is 0 Å². The van der Waals surface area contributed by atoms with Crippen LogP contribution in [0, 0.1) is 5.92 Å². The molecule has 0 radical (unpaired) electrons. The van der Waals surface area contributed by atoms with Gasteiger partial charge >= 0.3 is 5.97 Å². The molecule has 0 spiro atoms. The van der Waals surface area contributed by atoms with Gasteiger partial charge < -0.3 is 19.7 Å². The highest BCUT2D eigenvalue weighted by molar-refractivity contribution is 6.07. The maximum absolute atomic E-state index is 12.6. The first-order valence-electron chi connectivity index (χ1n) is 8.20. The lowest BCUT2D eigenvalue weighted by Crippen LogP contribution is -2.41. The first-order valence-corrected chi connectivity index (χ1v) is 8.20. The summed E-state index contributed by atoms with van der Waals surface area (Å²) in [4.78, 5) is 37.0. The second-order valence-electron chi connectivity index (χ2n) is 6.42. The van der Waals surface area contributed by atoms with Gasteiger partial charge in [0.25, 0.3) is 0 Å². The lowest BCUT2D eigenvalue weighted by Gasteiger charge is -2.30. The molecule has 3 rings (SSSR count). The van der Waals surface area contributed by atoms with Gasteiger partial charge in [-0.15, -0.1) is 0 Å². The van der Waals surface area contributed by atoms with Gasteiger partial charge in [0.05, 0.1) is 11.4 Å². The Labute approximate surface area is 144 Å². The molecule has 0 unspecified atom stereocenters. The van der Waals surface area contributed by atoms with Gasteiger partial charge in [-0.3, -0.25) is 14.4 Å². The molecule has 0 bridgehead atoms. The predicted molar refractivity (Wildman–Crippen MR) is 90.5 cm³/mol. The standard InChI is InChI=1S/C18H20N2O5/c1-11(21)15-9-20(16-8-13(22)2-3-14(15)16)10-17(23)19-6-4-12(5-7-19)18(24)25/h2-3,8-9,12,22H,4-7,10H2,1H3,(H,24,25). The molecule has 1 saturated heterocycles. The van der Waals surface area contributed by atoms with Crippen LogP contribution in [-0.2, 0) is 16.1 Å². The molecule has 25 heavy (non-hydrogen) atoms. The molecule has 1 amide bonds. The number of carboxylic acids is 1. The summed E-state index contributed by atoms with van der Waals surface area (Å²) in [5.41, 5.74) is 1.13. The number of phenolic OH excluding ortho intramolecular Hbond substituents is 1. The van der Waals surface area contributed by atoms with Crippen molar-refractivity contribution in [3.8, 4) is 5.75 Å². The number of carboxylic acid groups (broad SMARTS) is 1. The fraction of sp³-hybridized carbons (Fsp3) is 0.389. The SMILES string of the molecule is CC(=O)c1cn(CC(=O)N2CCC(C(=O)O)CC2)c2cc(O)ccc12. The van der Waals surface area contributed by atoms with Crippen LogP contribution in [0.25, 0.3) is 10.9 Å². The third-order valence-corrected chi connectivity index (χ3v) is 4.75. The number of aromatic hydroxyl groups is 1. The first kappa shape index (κ1) is 17.0. The van der Waals surface area contributed by atoms with Crippen molar-refractivity contribution in [1.82, 2.24) is 9.47 Å². The number of fused-ring (bicyclic) bond motifs is 1. The number of aliphatic carboxylic acids is 1. The van der Waals surface area contributed by atoms with Crippen LogP contribution >= 0.6 is 0 Å².